The highest BCUT2D eigenvalue weighted by atomic mass is 16.7. The lowest BCUT2D eigenvalue weighted by Gasteiger charge is -2.22. The van der Waals surface area contributed by atoms with E-state index >= 15 is 0 Å². The van der Waals surface area contributed by atoms with Gasteiger partial charge in [0.1, 0.15) is 12.2 Å². The van der Waals surface area contributed by atoms with Crippen LogP contribution in [0.5, 0.6) is 0 Å². The first kappa shape index (κ1) is 9.88. The van der Waals surface area contributed by atoms with Gasteiger partial charge in [-0.2, -0.15) is 0 Å². The second kappa shape index (κ2) is 3.27. The Kier molecular flexibility index (Phi) is 2.70. The van der Waals surface area contributed by atoms with Gasteiger partial charge in [-0.1, -0.05) is 6.92 Å². The molecule has 1 aliphatic heterocycles. The molecule has 5 nitrogen and oxygen atoms in total. The molecule has 0 saturated carbocycles. The van der Waals surface area contributed by atoms with Crippen molar-refractivity contribution >= 4 is 0 Å². The Hall–Kier alpha value is -0.200. The second-order valence-electron chi connectivity index (χ2n) is 3.00. The van der Waals surface area contributed by atoms with Crippen LogP contribution in [0.4, 0.5) is 0 Å². The minimum absolute atomic E-state index is 0.473. The largest absolute Gasteiger partial charge is 0.391 e. The van der Waals surface area contributed by atoms with Gasteiger partial charge in [-0.05, 0) is 6.42 Å². The van der Waals surface area contributed by atoms with Gasteiger partial charge in [-0.25, -0.2) is 0 Å². The van der Waals surface area contributed by atoms with Gasteiger partial charge in [0.05, 0.1) is 12.7 Å². The number of hydrogen-bond donors (Lipinski definition) is 4. The summed E-state index contributed by atoms with van der Waals surface area (Å²) in [6, 6.07) is 0. The van der Waals surface area contributed by atoms with Crippen LogP contribution in [0, 0.1) is 0 Å². The molecule has 1 unspecified atom stereocenters. The van der Waals surface area contributed by atoms with E-state index in [1.54, 1.807) is 6.92 Å². The van der Waals surface area contributed by atoms with Gasteiger partial charge in [-0.15, -0.1) is 0 Å². The van der Waals surface area contributed by atoms with Crippen molar-refractivity contribution in [3.05, 3.63) is 0 Å². The number of aliphatic hydroxyl groups excluding tert-OH is 3. The Bertz CT molecular complexity index is 162. The molecule has 1 heterocycles. The molecule has 0 aromatic rings. The van der Waals surface area contributed by atoms with Crippen LogP contribution in [0.25, 0.3) is 0 Å². The van der Waals surface area contributed by atoms with Crippen molar-refractivity contribution in [1.82, 2.24) is 0 Å². The molecule has 4 atom stereocenters. The summed E-state index contributed by atoms with van der Waals surface area (Å²) >= 11 is 0. The van der Waals surface area contributed by atoms with E-state index in [2.05, 4.69) is 0 Å². The Labute approximate surface area is 70.2 Å². The van der Waals surface area contributed by atoms with E-state index in [1.807, 2.05) is 0 Å². The van der Waals surface area contributed by atoms with Crippen LogP contribution in [0.15, 0.2) is 0 Å². The SMILES string of the molecule is CC[C@@H]1OC(O)(CO)[C@H](O)[C@@H]1O. The molecule has 0 aromatic carbocycles. The number of hydrogen-bond acceptors (Lipinski definition) is 5. The maximum Gasteiger partial charge on any atom is 0.219 e. The first-order chi connectivity index (χ1) is 5.55. The van der Waals surface area contributed by atoms with Crippen LogP contribution in [-0.4, -0.2) is 51.1 Å². The lowest BCUT2D eigenvalue weighted by Crippen LogP contribution is -2.46. The van der Waals surface area contributed by atoms with E-state index in [9.17, 15) is 15.3 Å². The highest BCUT2D eigenvalue weighted by molar-refractivity contribution is 4.94. The van der Waals surface area contributed by atoms with Gasteiger partial charge >= 0.3 is 0 Å². The molecule has 1 saturated heterocycles. The molecule has 0 aliphatic carbocycles. The van der Waals surface area contributed by atoms with Crippen molar-refractivity contribution in [3.63, 3.8) is 0 Å². The minimum atomic E-state index is -2.00. The first-order valence-corrected chi connectivity index (χ1v) is 3.92. The summed E-state index contributed by atoms with van der Waals surface area (Å²) in [6.07, 6.45) is -2.71. The molecule has 1 aliphatic rings. The zero-order chi connectivity index (χ0) is 9.35. The van der Waals surface area contributed by atoms with E-state index in [0.29, 0.717) is 6.42 Å². The van der Waals surface area contributed by atoms with E-state index in [1.165, 1.54) is 0 Å². The fraction of sp³-hybridized carbons (Fsp3) is 1.00. The standard InChI is InChI=1S/C7H14O5/c1-2-4-5(9)6(10)7(11,3-8)12-4/h4-6,8-11H,2-3H2,1H3/t4-,5+,6+,7?/m0/s1. The number of aliphatic hydroxyl groups is 4. The molecule has 72 valence electrons. The van der Waals surface area contributed by atoms with E-state index in [4.69, 9.17) is 9.84 Å². The van der Waals surface area contributed by atoms with E-state index in [-0.39, 0.29) is 0 Å². The Morgan fingerprint density at radius 1 is 1.42 bits per heavy atom. The summed E-state index contributed by atoms with van der Waals surface area (Å²) in [7, 11) is 0. The molecule has 12 heavy (non-hydrogen) atoms. The van der Waals surface area contributed by atoms with Crippen molar-refractivity contribution in [1.29, 1.82) is 0 Å². The predicted octanol–water partition coefficient (Wildman–Crippen LogP) is -1.80. The zero-order valence-electron chi connectivity index (χ0n) is 6.84. The molecule has 0 amide bonds. The van der Waals surface area contributed by atoms with Crippen LogP contribution in [0.3, 0.4) is 0 Å². The number of rotatable bonds is 2. The van der Waals surface area contributed by atoms with Crippen molar-refractivity contribution < 1.29 is 25.2 Å². The van der Waals surface area contributed by atoms with Gasteiger partial charge in [0, 0.05) is 0 Å². The molecule has 0 aromatic heterocycles. The fourth-order valence-electron chi connectivity index (χ4n) is 1.33. The van der Waals surface area contributed by atoms with Gasteiger partial charge in [0.25, 0.3) is 0 Å². The van der Waals surface area contributed by atoms with Crippen LogP contribution in [-0.2, 0) is 4.74 Å². The van der Waals surface area contributed by atoms with Gasteiger partial charge < -0.3 is 25.2 Å². The highest BCUT2D eigenvalue weighted by Gasteiger charge is 2.52. The average molecular weight is 178 g/mol. The normalized spacial score (nSPS) is 48.2. The smallest absolute Gasteiger partial charge is 0.219 e. The molecular formula is C7H14O5. The maximum absolute atomic E-state index is 9.36. The lowest BCUT2D eigenvalue weighted by molar-refractivity contribution is -0.245. The first-order valence-electron chi connectivity index (χ1n) is 3.92. The molecule has 0 bridgehead atoms. The number of ether oxygens (including phenoxy) is 1. The van der Waals surface area contributed by atoms with Crippen LogP contribution >= 0.6 is 0 Å². The van der Waals surface area contributed by atoms with Crippen molar-refractivity contribution in [2.75, 3.05) is 6.61 Å². The van der Waals surface area contributed by atoms with Gasteiger partial charge in [-0.3, -0.25) is 0 Å². The van der Waals surface area contributed by atoms with Crippen LogP contribution < -0.4 is 0 Å². The monoisotopic (exact) mass is 178 g/mol. The maximum atomic E-state index is 9.36. The Morgan fingerprint density at radius 3 is 2.25 bits per heavy atom. The summed E-state index contributed by atoms with van der Waals surface area (Å²) in [6.45, 7) is 1.03. The Balaban J connectivity index is 2.72. The molecule has 0 radical (unpaired) electrons. The van der Waals surface area contributed by atoms with Crippen LogP contribution in [0.2, 0.25) is 0 Å². The predicted molar refractivity (Wildman–Crippen MR) is 39.2 cm³/mol. The quantitative estimate of drug-likeness (QED) is 0.400. The fourth-order valence-corrected chi connectivity index (χ4v) is 1.33. The lowest BCUT2D eigenvalue weighted by atomic mass is 10.0. The minimum Gasteiger partial charge on any atom is -0.391 e. The molecule has 0 spiro atoms. The van der Waals surface area contributed by atoms with Crippen molar-refractivity contribution in [2.24, 2.45) is 0 Å². The van der Waals surface area contributed by atoms with E-state index < -0.39 is 30.7 Å². The molecule has 5 heteroatoms. The van der Waals surface area contributed by atoms with Crippen molar-refractivity contribution in [3.8, 4) is 0 Å². The van der Waals surface area contributed by atoms with Crippen molar-refractivity contribution in [2.45, 2.75) is 37.4 Å². The summed E-state index contributed by atoms with van der Waals surface area (Å²) in [5, 5.41) is 36.6. The molecule has 1 rings (SSSR count). The summed E-state index contributed by atoms with van der Waals surface area (Å²) in [5.74, 6) is -2.00. The summed E-state index contributed by atoms with van der Waals surface area (Å²) in [4.78, 5) is 0. The van der Waals surface area contributed by atoms with E-state index in [0.717, 1.165) is 0 Å². The topological polar surface area (TPSA) is 90.2 Å². The molecule has 4 N–H and O–H groups in total. The molecular weight excluding hydrogens is 164 g/mol. The summed E-state index contributed by atoms with van der Waals surface area (Å²) < 4.78 is 4.88. The summed E-state index contributed by atoms with van der Waals surface area (Å²) in [5.41, 5.74) is 0. The third kappa shape index (κ3) is 1.34. The highest BCUT2D eigenvalue weighted by Crippen LogP contribution is 2.30. The molecule has 1 fully saturated rings. The van der Waals surface area contributed by atoms with Gasteiger partial charge in [0.15, 0.2) is 0 Å². The Morgan fingerprint density at radius 2 is 2.00 bits per heavy atom. The third-order valence-electron chi connectivity index (χ3n) is 2.15. The third-order valence-corrected chi connectivity index (χ3v) is 2.15. The zero-order valence-corrected chi connectivity index (χ0v) is 6.84. The second-order valence-corrected chi connectivity index (χ2v) is 3.00. The van der Waals surface area contributed by atoms with Crippen LogP contribution in [0.1, 0.15) is 13.3 Å². The average Bonchev–Trinajstić information content (AvgIpc) is 2.31. The van der Waals surface area contributed by atoms with Gasteiger partial charge in [0.2, 0.25) is 5.79 Å².